The Morgan fingerprint density at radius 2 is 2.00 bits per heavy atom. The number of aliphatic carboxylic acids is 1. The predicted molar refractivity (Wildman–Crippen MR) is 49.8 cm³/mol. The Balaban J connectivity index is 3.54. The zero-order chi connectivity index (χ0) is 11.1. The number of carboxylic acids is 1. The monoisotopic (exact) mass is 204 g/mol. The van der Waals surface area contributed by atoms with E-state index in [4.69, 9.17) is 10.2 Å². The fraction of sp³-hybridized carbons (Fsp3) is 0.750. The molecule has 0 aliphatic rings. The number of nitrogens with one attached hydrogen (secondary N) is 1. The Kier molecular flexibility index (Phi) is 5.82. The van der Waals surface area contributed by atoms with Crippen molar-refractivity contribution in [3.8, 4) is 0 Å². The van der Waals surface area contributed by atoms with Gasteiger partial charge in [-0.15, -0.1) is 0 Å². The number of hydrogen-bond acceptors (Lipinski definition) is 4. The normalized spacial score (nSPS) is 12.6. The molecule has 0 aliphatic carbocycles. The molecule has 6 nitrogen and oxygen atoms in total. The van der Waals surface area contributed by atoms with E-state index in [1.165, 1.54) is 0 Å². The number of carbonyl (C=O) groups is 2. The van der Waals surface area contributed by atoms with Crippen LogP contribution >= 0.6 is 0 Å². The second-order valence-electron chi connectivity index (χ2n) is 3.23. The lowest BCUT2D eigenvalue weighted by Crippen LogP contribution is -2.35. The summed E-state index contributed by atoms with van der Waals surface area (Å²) in [6.45, 7) is 0.420. The van der Waals surface area contributed by atoms with Gasteiger partial charge in [0.05, 0.1) is 6.54 Å². The Morgan fingerprint density at radius 3 is 2.43 bits per heavy atom. The van der Waals surface area contributed by atoms with Crippen LogP contribution in [0, 0.1) is 0 Å². The van der Waals surface area contributed by atoms with Crippen LogP contribution in [0.4, 0.5) is 0 Å². The first kappa shape index (κ1) is 12.9. The molecule has 0 rings (SSSR count). The molecule has 1 amide bonds. The maximum absolute atomic E-state index is 11.0. The van der Waals surface area contributed by atoms with Crippen molar-refractivity contribution < 1.29 is 19.8 Å². The average Bonchev–Trinajstić information content (AvgIpc) is 2.02. The van der Waals surface area contributed by atoms with Crippen molar-refractivity contribution in [3.05, 3.63) is 0 Å². The van der Waals surface area contributed by atoms with Crippen LogP contribution in [0.2, 0.25) is 0 Å². The minimum atomic E-state index is -1.41. The van der Waals surface area contributed by atoms with Crippen LogP contribution in [0.1, 0.15) is 6.42 Å². The van der Waals surface area contributed by atoms with Crippen LogP contribution in [0.15, 0.2) is 0 Å². The number of rotatable bonds is 6. The van der Waals surface area contributed by atoms with E-state index in [0.717, 1.165) is 0 Å². The van der Waals surface area contributed by atoms with Crippen LogP contribution in [-0.4, -0.2) is 60.3 Å². The van der Waals surface area contributed by atoms with Crippen molar-refractivity contribution in [3.63, 3.8) is 0 Å². The number of nitrogens with zero attached hydrogens (tertiary/aromatic N) is 1. The number of aliphatic hydroxyl groups excluding tert-OH is 1. The van der Waals surface area contributed by atoms with Crippen LogP contribution in [-0.2, 0) is 9.59 Å². The van der Waals surface area contributed by atoms with E-state index in [1.54, 1.807) is 19.0 Å². The van der Waals surface area contributed by atoms with Crippen molar-refractivity contribution in [1.29, 1.82) is 0 Å². The zero-order valence-electron chi connectivity index (χ0n) is 8.36. The molecule has 82 valence electrons. The molecule has 0 saturated heterocycles. The molecule has 0 aromatic carbocycles. The molecule has 0 aliphatic heterocycles. The summed E-state index contributed by atoms with van der Waals surface area (Å²) < 4.78 is 0. The molecule has 14 heavy (non-hydrogen) atoms. The van der Waals surface area contributed by atoms with Gasteiger partial charge in [0.15, 0.2) is 6.10 Å². The van der Waals surface area contributed by atoms with Crippen molar-refractivity contribution in [2.75, 3.05) is 27.2 Å². The lowest BCUT2D eigenvalue weighted by atomic mass is 10.2. The van der Waals surface area contributed by atoms with Gasteiger partial charge in [-0.3, -0.25) is 4.79 Å². The Bertz CT molecular complexity index is 206. The van der Waals surface area contributed by atoms with Crippen molar-refractivity contribution in [2.45, 2.75) is 12.5 Å². The molecular weight excluding hydrogens is 188 g/mol. The van der Waals surface area contributed by atoms with E-state index in [-0.39, 0.29) is 25.4 Å². The predicted octanol–water partition coefficient (Wildman–Crippen LogP) is -1.50. The largest absolute Gasteiger partial charge is 0.479 e. The molecule has 1 unspecified atom stereocenters. The number of amides is 1. The van der Waals surface area contributed by atoms with Gasteiger partial charge >= 0.3 is 5.97 Å². The first-order valence-corrected chi connectivity index (χ1v) is 4.25. The van der Waals surface area contributed by atoms with Gasteiger partial charge in [-0.05, 0) is 14.1 Å². The number of likely N-dealkylation sites (N-methyl/N-ethyl adjacent to an activating group) is 1. The van der Waals surface area contributed by atoms with E-state index in [0.29, 0.717) is 0 Å². The average molecular weight is 204 g/mol. The van der Waals surface area contributed by atoms with Gasteiger partial charge in [0.2, 0.25) is 5.91 Å². The molecule has 1 atom stereocenters. The van der Waals surface area contributed by atoms with Crippen LogP contribution in [0.5, 0.6) is 0 Å². The molecule has 3 N–H and O–H groups in total. The molecule has 0 bridgehead atoms. The van der Waals surface area contributed by atoms with E-state index >= 15 is 0 Å². The van der Waals surface area contributed by atoms with Crippen LogP contribution in [0.25, 0.3) is 0 Å². The van der Waals surface area contributed by atoms with Crippen LogP contribution in [0.3, 0.4) is 0 Å². The van der Waals surface area contributed by atoms with Crippen molar-refractivity contribution in [2.24, 2.45) is 0 Å². The second-order valence-corrected chi connectivity index (χ2v) is 3.23. The molecule has 0 radical (unpaired) electrons. The number of hydrogen-bond donors (Lipinski definition) is 3. The van der Waals surface area contributed by atoms with Gasteiger partial charge in [0.1, 0.15) is 0 Å². The van der Waals surface area contributed by atoms with Gasteiger partial charge in [0, 0.05) is 13.0 Å². The molecule has 0 spiro atoms. The topological polar surface area (TPSA) is 89.9 Å². The Labute approximate surface area is 82.5 Å². The quantitative estimate of drug-likeness (QED) is 0.490. The maximum atomic E-state index is 11.0. The molecule has 0 fully saturated rings. The summed E-state index contributed by atoms with van der Waals surface area (Å²) >= 11 is 0. The summed E-state index contributed by atoms with van der Waals surface area (Å²) in [5.41, 5.74) is 0. The van der Waals surface area contributed by atoms with Gasteiger partial charge < -0.3 is 20.4 Å². The van der Waals surface area contributed by atoms with Crippen molar-refractivity contribution >= 4 is 11.9 Å². The third-order valence-corrected chi connectivity index (χ3v) is 1.48. The summed E-state index contributed by atoms with van der Waals surface area (Å²) in [5, 5.41) is 19.7. The third-order valence-electron chi connectivity index (χ3n) is 1.48. The summed E-state index contributed by atoms with van der Waals surface area (Å²) in [4.78, 5) is 22.9. The summed E-state index contributed by atoms with van der Waals surface area (Å²) in [5.74, 6) is -1.46. The lowest BCUT2D eigenvalue weighted by molar-refractivity contribution is -0.147. The van der Waals surface area contributed by atoms with Crippen molar-refractivity contribution in [1.82, 2.24) is 10.2 Å². The standard InChI is InChI=1S/C8H16N2O4/c1-10(2)5-7(12)9-4-3-6(11)8(13)14/h6,11H,3-5H2,1-2H3,(H,9,12)(H,13,14). The van der Waals surface area contributed by atoms with E-state index in [9.17, 15) is 9.59 Å². The summed E-state index contributed by atoms with van der Waals surface area (Å²) in [6.07, 6.45) is -1.39. The molecular formula is C8H16N2O4. The minimum Gasteiger partial charge on any atom is -0.479 e. The molecule has 0 aromatic rings. The first-order valence-electron chi connectivity index (χ1n) is 4.25. The molecule has 0 saturated carbocycles. The second kappa shape index (κ2) is 6.33. The fourth-order valence-electron chi connectivity index (χ4n) is 0.815. The highest BCUT2D eigenvalue weighted by molar-refractivity contribution is 5.78. The maximum Gasteiger partial charge on any atom is 0.332 e. The molecule has 0 heterocycles. The Hall–Kier alpha value is -1.14. The first-order chi connectivity index (χ1) is 6.43. The van der Waals surface area contributed by atoms with E-state index < -0.39 is 12.1 Å². The lowest BCUT2D eigenvalue weighted by Gasteiger charge is -2.10. The van der Waals surface area contributed by atoms with Crippen LogP contribution < -0.4 is 5.32 Å². The summed E-state index contributed by atoms with van der Waals surface area (Å²) in [6, 6.07) is 0. The number of carbonyl (C=O) groups excluding carboxylic acids is 1. The Morgan fingerprint density at radius 1 is 1.43 bits per heavy atom. The van der Waals surface area contributed by atoms with E-state index in [1.807, 2.05) is 0 Å². The fourth-order valence-corrected chi connectivity index (χ4v) is 0.815. The minimum absolute atomic E-state index is 0.0223. The zero-order valence-corrected chi connectivity index (χ0v) is 8.36. The smallest absolute Gasteiger partial charge is 0.332 e. The highest BCUT2D eigenvalue weighted by Gasteiger charge is 2.12. The highest BCUT2D eigenvalue weighted by atomic mass is 16.4. The van der Waals surface area contributed by atoms with Gasteiger partial charge in [0.25, 0.3) is 0 Å². The van der Waals surface area contributed by atoms with Gasteiger partial charge in [-0.25, -0.2) is 4.79 Å². The molecule has 0 aromatic heterocycles. The number of aliphatic hydroxyl groups is 1. The van der Waals surface area contributed by atoms with Gasteiger partial charge in [-0.1, -0.05) is 0 Å². The number of carboxylic acid groups (broad SMARTS) is 1. The molecule has 6 heteroatoms. The van der Waals surface area contributed by atoms with E-state index in [2.05, 4.69) is 5.32 Å². The SMILES string of the molecule is CN(C)CC(=O)NCCC(O)C(=O)O. The summed E-state index contributed by atoms with van der Waals surface area (Å²) in [7, 11) is 3.51. The highest BCUT2D eigenvalue weighted by Crippen LogP contribution is 1.89. The van der Waals surface area contributed by atoms with Gasteiger partial charge in [-0.2, -0.15) is 0 Å². The third kappa shape index (κ3) is 6.38.